The largest absolute Gasteiger partial charge is 0.377 e. The molecule has 4 atom stereocenters. The minimum absolute atomic E-state index is 0.410. The first-order chi connectivity index (χ1) is 8.24. The summed E-state index contributed by atoms with van der Waals surface area (Å²) in [5.74, 6) is 0. The second-order valence-electron chi connectivity index (χ2n) is 5.66. The molecule has 0 amide bonds. The summed E-state index contributed by atoms with van der Waals surface area (Å²) in [4.78, 5) is 2.60. The average Bonchev–Trinajstić information content (AvgIpc) is 2.94. The summed E-state index contributed by atoms with van der Waals surface area (Å²) < 4.78 is 5.70. The maximum Gasteiger partial charge on any atom is 0.0703 e. The van der Waals surface area contributed by atoms with Gasteiger partial charge in [-0.1, -0.05) is 13.3 Å². The lowest BCUT2D eigenvalue weighted by molar-refractivity contribution is 0.0628. The van der Waals surface area contributed by atoms with Crippen LogP contribution in [0.1, 0.15) is 46.0 Å². The van der Waals surface area contributed by atoms with Gasteiger partial charge in [-0.3, -0.25) is 4.90 Å². The highest BCUT2D eigenvalue weighted by atomic mass is 16.5. The molecular weight excluding hydrogens is 212 g/mol. The van der Waals surface area contributed by atoms with Crippen LogP contribution in [0.25, 0.3) is 0 Å². The van der Waals surface area contributed by atoms with Crippen molar-refractivity contribution in [3.05, 3.63) is 0 Å². The molecule has 0 aromatic rings. The van der Waals surface area contributed by atoms with Gasteiger partial charge in [0.05, 0.1) is 6.10 Å². The Bertz CT molecular complexity index is 234. The van der Waals surface area contributed by atoms with E-state index in [1.165, 1.54) is 32.1 Å². The minimum Gasteiger partial charge on any atom is -0.377 e. The van der Waals surface area contributed by atoms with Gasteiger partial charge < -0.3 is 10.1 Å². The van der Waals surface area contributed by atoms with E-state index in [9.17, 15) is 0 Å². The normalized spacial score (nSPS) is 38.1. The Morgan fingerprint density at radius 3 is 2.71 bits per heavy atom. The van der Waals surface area contributed by atoms with Gasteiger partial charge in [-0.2, -0.15) is 0 Å². The van der Waals surface area contributed by atoms with E-state index in [0.717, 1.165) is 19.2 Å². The fraction of sp³-hybridized carbons (Fsp3) is 1.00. The monoisotopic (exact) mass is 240 g/mol. The van der Waals surface area contributed by atoms with Gasteiger partial charge in [0, 0.05) is 24.7 Å². The van der Waals surface area contributed by atoms with Crippen molar-refractivity contribution in [3.8, 4) is 0 Å². The quantitative estimate of drug-likeness (QED) is 0.795. The van der Waals surface area contributed by atoms with Crippen LogP contribution in [-0.4, -0.2) is 49.3 Å². The summed E-state index contributed by atoms with van der Waals surface area (Å²) in [6.45, 7) is 6.56. The second-order valence-corrected chi connectivity index (χ2v) is 5.66. The van der Waals surface area contributed by atoms with E-state index < -0.39 is 0 Å². The maximum atomic E-state index is 5.70. The third kappa shape index (κ3) is 3.01. The fourth-order valence-electron chi connectivity index (χ4n) is 3.50. The number of hydrogen-bond acceptors (Lipinski definition) is 3. The molecule has 2 aliphatic rings. The first-order valence-electron chi connectivity index (χ1n) is 7.31. The van der Waals surface area contributed by atoms with Gasteiger partial charge in [-0.15, -0.1) is 0 Å². The van der Waals surface area contributed by atoms with Gasteiger partial charge in [-0.05, 0) is 46.2 Å². The number of ether oxygens (including phenoxy) is 1. The number of nitrogens with zero attached hydrogens (tertiary/aromatic N) is 1. The highest BCUT2D eigenvalue weighted by Gasteiger charge is 2.37. The predicted octanol–water partition coefficient (Wildman–Crippen LogP) is 2.02. The number of rotatable bonds is 5. The van der Waals surface area contributed by atoms with Crippen molar-refractivity contribution in [2.45, 2.75) is 70.2 Å². The van der Waals surface area contributed by atoms with Crippen LogP contribution in [0.5, 0.6) is 0 Å². The predicted molar refractivity (Wildman–Crippen MR) is 71.3 cm³/mol. The zero-order chi connectivity index (χ0) is 12.3. The molecule has 100 valence electrons. The van der Waals surface area contributed by atoms with E-state index in [1.807, 2.05) is 0 Å². The van der Waals surface area contributed by atoms with E-state index in [1.54, 1.807) is 0 Å². The summed E-state index contributed by atoms with van der Waals surface area (Å²) in [5.41, 5.74) is 0. The lowest BCUT2D eigenvalue weighted by Crippen LogP contribution is -2.51. The minimum atomic E-state index is 0.410. The molecule has 1 aliphatic heterocycles. The zero-order valence-corrected chi connectivity index (χ0v) is 11.6. The lowest BCUT2D eigenvalue weighted by Gasteiger charge is -2.36. The summed E-state index contributed by atoms with van der Waals surface area (Å²) in [7, 11) is 2.30. The first-order valence-corrected chi connectivity index (χ1v) is 7.31. The van der Waals surface area contributed by atoms with Crippen molar-refractivity contribution in [3.63, 3.8) is 0 Å². The summed E-state index contributed by atoms with van der Waals surface area (Å²) >= 11 is 0. The Morgan fingerprint density at radius 2 is 2.06 bits per heavy atom. The van der Waals surface area contributed by atoms with Crippen molar-refractivity contribution < 1.29 is 4.74 Å². The molecule has 1 N–H and O–H groups in total. The SMILES string of the molecule is CCCNC1CCCC1N(C)C1CCOC1C. The van der Waals surface area contributed by atoms with E-state index in [0.29, 0.717) is 18.2 Å². The lowest BCUT2D eigenvalue weighted by atomic mass is 10.0. The molecule has 0 aromatic heterocycles. The maximum absolute atomic E-state index is 5.70. The Morgan fingerprint density at radius 1 is 1.24 bits per heavy atom. The van der Waals surface area contributed by atoms with Gasteiger partial charge in [0.1, 0.15) is 0 Å². The molecular formula is C14H28N2O. The van der Waals surface area contributed by atoms with E-state index >= 15 is 0 Å². The van der Waals surface area contributed by atoms with Crippen LogP contribution in [-0.2, 0) is 4.74 Å². The van der Waals surface area contributed by atoms with Gasteiger partial charge >= 0.3 is 0 Å². The van der Waals surface area contributed by atoms with Crippen LogP contribution >= 0.6 is 0 Å². The van der Waals surface area contributed by atoms with Crippen LogP contribution in [0.15, 0.2) is 0 Å². The molecule has 0 spiro atoms. The fourth-order valence-corrected chi connectivity index (χ4v) is 3.50. The third-order valence-electron chi connectivity index (χ3n) is 4.52. The Labute approximate surface area is 106 Å². The van der Waals surface area contributed by atoms with Crippen LogP contribution in [0, 0.1) is 0 Å². The standard InChI is InChI=1S/C14H28N2O/c1-4-9-15-12-6-5-7-14(12)16(3)13-8-10-17-11(13)2/h11-15H,4-10H2,1-3H3. The van der Waals surface area contributed by atoms with E-state index in [4.69, 9.17) is 4.74 Å². The molecule has 4 unspecified atom stereocenters. The molecule has 1 heterocycles. The van der Waals surface area contributed by atoms with E-state index in [2.05, 4.69) is 31.1 Å². The van der Waals surface area contributed by atoms with Gasteiger partial charge in [0.25, 0.3) is 0 Å². The second kappa shape index (κ2) is 6.17. The third-order valence-corrected chi connectivity index (χ3v) is 4.52. The summed E-state index contributed by atoms with van der Waals surface area (Å²) in [5, 5.41) is 3.72. The summed E-state index contributed by atoms with van der Waals surface area (Å²) in [6.07, 6.45) is 6.91. The van der Waals surface area contributed by atoms with Crippen molar-refractivity contribution >= 4 is 0 Å². The molecule has 1 saturated carbocycles. The molecule has 3 heteroatoms. The number of hydrogen-bond donors (Lipinski definition) is 1. The van der Waals surface area contributed by atoms with Crippen molar-refractivity contribution in [1.29, 1.82) is 0 Å². The topological polar surface area (TPSA) is 24.5 Å². The highest BCUT2D eigenvalue weighted by Crippen LogP contribution is 2.28. The Balaban J connectivity index is 1.90. The molecule has 0 aromatic carbocycles. The molecule has 3 nitrogen and oxygen atoms in total. The van der Waals surface area contributed by atoms with Crippen molar-refractivity contribution in [2.24, 2.45) is 0 Å². The number of likely N-dealkylation sites (N-methyl/N-ethyl adjacent to an activating group) is 1. The van der Waals surface area contributed by atoms with Crippen molar-refractivity contribution in [1.82, 2.24) is 10.2 Å². The molecule has 0 bridgehead atoms. The molecule has 1 aliphatic carbocycles. The van der Waals surface area contributed by atoms with Gasteiger partial charge in [0.15, 0.2) is 0 Å². The van der Waals surface area contributed by atoms with Crippen LogP contribution in [0.2, 0.25) is 0 Å². The molecule has 2 rings (SSSR count). The van der Waals surface area contributed by atoms with Crippen LogP contribution in [0.3, 0.4) is 0 Å². The zero-order valence-electron chi connectivity index (χ0n) is 11.6. The van der Waals surface area contributed by atoms with E-state index in [-0.39, 0.29) is 0 Å². The van der Waals surface area contributed by atoms with Gasteiger partial charge in [0.2, 0.25) is 0 Å². The van der Waals surface area contributed by atoms with Crippen molar-refractivity contribution in [2.75, 3.05) is 20.2 Å². The summed E-state index contributed by atoms with van der Waals surface area (Å²) in [6, 6.07) is 2.05. The average molecular weight is 240 g/mol. The molecule has 0 radical (unpaired) electrons. The van der Waals surface area contributed by atoms with Gasteiger partial charge in [-0.25, -0.2) is 0 Å². The molecule has 2 fully saturated rings. The smallest absolute Gasteiger partial charge is 0.0703 e. The van der Waals surface area contributed by atoms with Crippen LogP contribution in [0.4, 0.5) is 0 Å². The Hall–Kier alpha value is -0.120. The first kappa shape index (κ1) is 13.3. The molecule has 17 heavy (non-hydrogen) atoms. The highest BCUT2D eigenvalue weighted by molar-refractivity contribution is 4.94. The van der Waals surface area contributed by atoms with Crippen LogP contribution < -0.4 is 5.32 Å². The number of nitrogens with one attached hydrogen (secondary N) is 1. The Kier molecular flexibility index (Phi) is 4.83. The molecule has 1 saturated heterocycles.